The zero-order chi connectivity index (χ0) is 19.8. The molecule has 28 heavy (non-hydrogen) atoms. The number of hydrogen-bond donors (Lipinski definition) is 0. The largest absolute Gasteiger partial charge is 0.493 e. The van der Waals surface area contributed by atoms with Crippen molar-refractivity contribution < 1.29 is 23.5 Å². The molecule has 0 atom stereocenters. The summed E-state index contributed by atoms with van der Waals surface area (Å²) in [5.41, 5.74) is 1.12. The van der Waals surface area contributed by atoms with Crippen molar-refractivity contribution in [3.63, 3.8) is 0 Å². The van der Waals surface area contributed by atoms with Crippen molar-refractivity contribution >= 4 is 32.4 Å². The number of pyridine rings is 1. The smallest absolute Gasteiger partial charge is 0.220 e. The quantitative estimate of drug-likeness (QED) is 0.381. The van der Waals surface area contributed by atoms with E-state index in [9.17, 15) is 0 Å². The second-order valence-corrected chi connectivity index (χ2v) is 6.65. The standard InChI is InChI=1S/C23H24NO4/c1-6-28-22-11-17-15(10-20(22)26-4)13-24(2)23-16(17)8-7-14-9-19(25-3)21(27-5)12-18(14)23/h7-13H,6H2,1-5H3/q+1. The van der Waals surface area contributed by atoms with E-state index in [2.05, 4.69) is 36.0 Å². The van der Waals surface area contributed by atoms with E-state index >= 15 is 0 Å². The second-order valence-electron chi connectivity index (χ2n) is 6.65. The molecule has 0 saturated heterocycles. The van der Waals surface area contributed by atoms with Crippen molar-refractivity contribution in [1.29, 1.82) is 0 Å². The van der Waals surface area contributed by atoms with Gasteiger partial charge in [0.15, 0.2) is 29.2 Å². The highest BCUT2D eigenvalue weighted by Crippen LogP contribution is 2.39. The average Bonchev–Trinajstić information content (AvgIpc) is 2.72. The Labute approximate surface area is 164 Å². The fourth-order valence-corrected chi connectivity index (χ4v) is 3.85. The van der Waals surface area contributed by atoms with Crippen LogP contribution < -0.4 is 23.5 Å². The average molecular weight is 378 g/mol. The van der Waals surface area contributed by atoms with Gasteiger partial charge in [-0.15, -0.1) is 0 Å². The van der Waals surface area contributed by atoms with Gasteiger partial charge in [-0.25, -0.2) is 0 Å². The molecule has 0 spiro atoms. The number of ether oxygens (including phenoxy) is 4. The van der Waals surface area contributed by atoms with Crippen molar-refractivity contribution in [2.45, 2.75) is 6.92 Å². The lowest BCUT2D eigenvalue weighted by molar-refractivity contribution is -0.642. The van der Waals surface area contributed by atoms with Crippen LogP contribution >= 0.6 is 0 Å². The maximum absolute atomic E-state index is 5.80. The molecule has 4 rings (SSSR count). The zero-order valence-corrected chi connectivity index (χ0v) is 16.8. The fourth-order valence-electron chi connectivity index (χ4n) is 3.85. The van der Waals surface area contributed by atoms with Gasteiger partial charge in [-0.1, -0.05) is 6.07 Å². The molecule has 1 heterocycles. The monoisotopic (exact) mass is 378 g/mol. The summed E-state index contributed by atoms with van der Waals surface area (Å²) in [6.07, 6.45) is 2.12. The summed E-state index contributed by atoms with van der Waals surface area (Å²) in [7, 11) is 7.03. The third-order valence-corrected chi connectivity index (χ3v) is 5.11. The highest BCUT2D eigenvalue weighted by molar-refractivity contribution is 6.14. The van der Waals surface area contributed by atoms with Crippen LogP contribution in [0.2, 0.25) is 0 Å². The first kappa shape index (κ1) is 18.2. The van der Waals surface area contributed by atoms with Crippen LogP contribution in [0.1, 0.15) is 6.92 Å². The van der Waals surface area contributed by atoms with Gasteiger partial charge in [0.1, 0.15) is 7.05 Å². The number of fused-ring (bicyclic) bond motifs is 5. The Bertz CT molecular complexity index is 1200. The van der Waals surface area contributed by atoms with Crippen LogP contribution in [0.15, 0.2) is 42.6 Å². The molecule has 0 aliphatic rings. The van der Waals surface area contributed by atoms with Gasteiger partial charge in [-0.3, -0.25) is 0 Å². The predicted molar refractivity (Wildman–Crippen MR) is 111 cm³/mol. The first-order valence-electron chi connectivity index (χ1n) is 9.22. The molecule has 0 aliphatic carbocycles. The third kappa shape index (κ3) is 2.74. The Kier molecular flexibility index (Phi) is 4.59. The lowest BCUT2D eigenvalue weighted by Crippen LogP contribution is -2.28. The molecule has 3 aromatic carbocycles. The van der Waals surface area contributed by atoms with Crippen LogP contribution in [-0.4, -0.2) is 27.9 Å². The van der Waals surface area contributed by atoms with E-state index in [1.54, 1.807) is 21.3 Å². The van der Waals surface area contributed by atoms with Gasteiger partial charge < -0.3 is 18.9 Å². The summed E-state index contributed by atoms with van der Waals surface area (Å²) in [5.74, 6) is 2.93. The third-order valence-electron chi connectivity index (χ3n) is 5.11. The number of rotatable bonds is 5. The SMILES string of the molecule is CCOc1cc2c(cc1OC)c[n+](C)c1c3cc(OC)c(OC)cc3ccc21. The topological polar surface area (TPSA) is 40.8 Å². The molecule has 0 N–H and O–H groups in total. The van der Waals surface area contributed by atoms with Crippen LogP contribution in [0.3, 0.4) is 0 Å². The maximum atomic E-state index is 5.80. The zero-order valence-electron chi connectivity index (χ0n) is 16.8. The van der Waals surface area contributed by atoms with Gasteiger partial charge in [0.2, 0.25) is 5.52 Å². The molecule has 0 bridgehead atoms. The van der Waals surface area contributed by atoms with Gasteiger partial charge in [-0.05, 0) is 42.6 Å². The number of benzene rings is 3. The molecule has 0 amide bonds. The molecule has 0 aliphatic heterocycles. The van der Waals surface area contributed by atoms with Crippen LogP contribution in [0.5, 0.6) is 23.0 Å². The summed E-state index contributed by atoms with van der Waals surface area (Å²) < 4.78 is 24.5. The molecular weight excluding hydrogens is 354 g/mol. The van der Waals surface area contributed by atoms with E-state index in [-0.39, 0.29) is 0 Å². The molecule has 0 saturated carbocycles. The second kappa shape index (κ2) is 7.08. The van der Waals surface area contributed by atoms with Crippen LogP contribution in [0.25, 0.3) is 32.4 Å². The number of nitrogens with zero attached hydrogens (tertiary/aromatic N) is 1. The molecule has 5 heteroatoms. The van der Waals surface area contributed by atoms with Crippen LogP contribution in [0, 0.1) is 0 Å². The molecule has 4 aromatic rings. The summed E-state index contributed by atoms with van der Waals surface area (Å²) in [5, 5.41) is 5.56. The fraction of sp³-hybridized carbons (Fsp3) is 0.261. The molecule has 1 aromatic heterocycles. The Hall–Kier alpha value is -3.21. The van der Waals surface area contributed by atoms with E-state index in [1.165, 1.54) is 0 Å². The maximum Gasteiger partial charge on any atom is 0.220 e. The van der Waals surface area contributed by atoms with E-state index in [1.807, 2.05) is 25.1 Å². The summed E-state index contributed by atoms with van der Waals surface area (Å²) in [6, 6.07) is 12.4. The van der Waals surface area contributed by atoms with Crippen molar-refractivity contribution in [2.24, 2.45) is 7.05 Å². The van der Waals surface area contributed by atoms with E-state index in [4.69, 9.17) is 18.9 Å². The normalized spacial score (nSPS) is 11.2. The first-order chi connectivity index (χ1) is 13.6. The van der Waals surface area contributed by atoms with E-state index < -0.39 is 0 Å². The summed E-state index contributed by atoms with van der Waals surface area (Å²) >= 11 is 0. The number of aryl methyl sites for hydroxylation is 1. The minimum atomic E-state index is 0.584. The predicted octanol–water partition coefficient (Wildman–Crippen LogP) is 4.40. The van der Waals surface area contributed by atoms with Gasteiger partial charge >= 0.3 is 0 Å². The van der Waals surface area contributed by atoms with Gasteiger partial charge in [-0.2, -0.15) is 4.57 Å². The number of hydrogen-bond acceptors (Lipinski definition) is 4. The highest BCUT2D eigenvalue weighted by Gasteiger charge is 2.19. The first-order valence-corrected chi connectivity index (χ1v) is 9.22. The van der Waals surface area contributed by atoms with Crippen molar-refractivity contribution in [3.8, 4) is 23.0 Å². The van der Waals surface area contributed by atoms with Gasteiger partial charge in [0, 0.05) is 5.39 Å². The van der Waals surface area contributed by atoms with Crippen molar-refractivity contribution in [3.05, 3.63) is 42.6 Å². The molecular formula is C23H24NO4+. The molecule has 5 nitrogen and oxygen atoms in total. The van der Waals surface area contributed by atoms with Crippen molar-refractivity contribution in [1.82, 2.24) is 0 Å². The minimum Gasteiger partial charge on any atom is -0.493 e. The minimum absolute atomic E-state index is 0.584. The summed E-state index contributed by atoms with van der Waals surface area (Å²) in [4.78, 5) is 0. The van der Waals surface area contributed by atoms with Gasteiger partial charge in [0.25, 0.3) is 0 Å². The lowest BCUT2D eigenvalue weighted by atomic mass is 10.00. The van der Waals surface area contributed by atoms with Crippen LogP contribution in [-0.2, 0) is 7.05 Å². The van der Waals surface area contributed by atoms with E-state index in [0.717, 1.165) is 49.7 Å². The number of methoxy groups -OCH3 is 3. The van der Waals surface area contributed by atoms with Gasteiger partial charge in [0.05, 0.1) is 44.1 Å². The molecule has 144 valence electrons. The Morgan fingerprint density at radius 2 is 1.32 bits per heavy atom. The summed E-state index contributed by atoms with van der Waals surface area (Å²) in [6.45, 7) is 2.56. The molecule has 0 unspecified atom stereocenters. The molecule has 0 radical (unpaired) electrons. The Balaban J connectivity index is 2.12. The Morgan fingerprint density at radius 1 is 0.714 bits per heavy atom. The Morgan fingerprint density at radius 3 is 2.00 bits per heavy atom. The van der Waals surface area contributed by atoms with E-state index in [0.29, 0.717) is 12.4 Å². The number of aromatic nitrogens is 1. The lowest BCUT2D eigenvalue weighted by Gasteiger charge is -2.13. The molecule has 0 fully saturated rings. The van der Waals surface area contributed by atoms with Crippen LogP contribution in [0.4, 0.5) is 0 Å². The van der Waals surface area contributed by atoms with Crippen molar-refractivity contribution in [2.75, 3.05) is 27.9 Å². The highest BCUT2D eigenvalue weighted by atomic mass is 16.5.